The largest absolute Gasteiger partial charge is 0.444 e. The van der Waals surface area contributed by atoms with Crippen molar-refractivity contribution in [1.29, 1.82) is 0 Å². The zero-order valence-electron chi connectivity index (χ0n) is 15.2. The van der Waals surface area contributed by atoms with Gasteiger partial charge in [-0.1, -0.05) is 30.3 Å². The summed E-state index contributed by atoms with van der Waals surface area (Å²) >= 11 is 1.68. The number of nitrogens with one attached hydrogen (secondary N) is 1. The van der Waals surface area contributed by atoms with E-state index in [4.69, 9.17) is 4.74 Å². The van der Waals surface area contributed by atoms with Crippen LogP contribution in [0.4, 0.5) is 4.79 Å². The molecule has 0 aliphatic rings. The quantitative estimate of drug-likeness (QED) is 0.816. The number of ether oxygens (including phenoxy) is 1. The van der Waals surface area contributed by atoms with Crippen molar-refractivity contribution < 1.29 is 14.3 Å². The van der Waals surface area contributed by atoms with Crippen LogP contribution in [-0.4, -0.2) is 47.6 Å². The minimum Gasteiger partial charge on any atom is -0.444 e. The van der Waals surface area contributed by atoms with Crippen LogP contribution in [0.5, 0.6) is 0 Å². The molecule has 1 aromatic rings. The van der Waals surface area contributed by atoms with Gasteiger partial charge < -0.3 is 4.74 Å². The number of hydrogen-bond acceptors (Lipinski definition) is 5. The second kappa shape index (κ2) is 9.69. The minimum atomic E-state index is -0.699. The molecule has 0 unspecified atom stereocenters. The lowest BCUT2D eigenvalue weighted by atomic mass is 10.1. The van der Waals surface area contributed by atoms with E-state index in [-0.39, 0.29) is 11.9 Å². The molecular weight excluding hydrogens is 324 g/mol. The molecule has 2 amide bonds. The van der Waals surface area contributed by atoms with Crippen molar-refractivity contribution in [3.8, 4) is 0 Å². The normalized spacial score (nSPS) is 12.8. The van der Waals surface area contributed by atoms with Crippen LogP contribution in [0.2, 0.25) is 0 Å². The molecule has 134 valence electrons. The minimum absolute atomic E-state index is 0.322. The average molecular weight is 353 g/mol. The monoisotopic (exact) mass is 352 g/mol. The van der Waals surface area contributed by atoms with Crippen molar-refractivity contribution in [2.24, 2.45) is 0 Å². The summed E-state index contributed by atoms with van der Waals surface area (Å²) in [5.74, 6) is 0.516. The molecule has 1 rings (SSSR count). The third kappa shape index (κ3) is 7.84. The molecule has 0 heterocycles. The molecule has 0 aromatic heterocycles. The number of carbonyl (C=O) groups is 2. The maximum Gasteiger partial charge on any atom is 0.414 e. The van der Waals surface area contributed by atoms with Gasteiger partial charge in [0.25, 0.3) is 0 Å². The molecule has 6 heteroatoms. The number of rotatable bonds is 7. The zero-order valence-corrected chi connectivity index (χ0v) is 16.0. The van der Waals surface area contributed by atoms with E-state index >= 15 is 0 Å². The van der Waals surface area contributed by atoms with Crippen LogP contribution in [0.1, 0.15) is 32.8 Å². The Labute approximate surface area is 149 Å². The van der Waals surface area contributed by atoms with Gasteiger partial charge in [-0.2, -0.15) is 11.8 Å². The Kier molecular flexibility index (Phi) is 8.28. The fourth-order valence-corrected chi connectivity index (χ4v) is 2.71. The van der Waals surface area contributed by atoms with E-state index in [2.05, 4.69) is 5.32 Å². The van der Waals surface area contributed by atoms with Gasteiger partial charge in [-0.25, -0.2) is 4.79 Å². The summed E-state index contributed by atoms with van der Waals surface area (Å²) in [6.45, 7) is 5.94. The van der Waals surface area contributed by atoms with Crippen molar-refractivity contribution in [3.63, 3.8) is 0 Å². The van der Waals surface area contributed by atoms with Gasteiger partial charge in [0.15, 0.2) is 0 Å². The van der Waals surface area contributed by atoms with E-state index in [1.807, 2.05) is 48.5 Å². The Morgan fingerprint density at radius 1 is 1.25 bits per heavy atom. The van der Waals surface area contributed by atoms with Crippen LogP contribution < -0.4 is 5.32 Å². The predicted molar refractivity (Wildman–Crippen MR) is 99.1 cm³/mol. The van der Waals surface area contributed by atoms with Gasteiger partial charge in [-0.15, -0.1) is 0 Å². The maximum absolute atomic E-state index is 12.5. The number of benzene rings is 1. The molecule has 0 fully saturated rings. The summed E-state index contributed by atoms with van der Waals surface area (Å²) in [6.07, 6.45) is 1.97. The smallest absolute Gasteiger partial charge is 0.414 e. The Morgan fingerprint density at radius 2 is 1.88 bits per heavy atom. The molecule has 1 N–H and O–H groups in total. The van der Waals surface area contributed by atoms with Crippen molar-refractivity contribution in [1.82, 2.24) is 10.2 Å². The number of imide groups is 1. The van der Waals surface area contributed by atoms with Gasteiger partial charge in [0, 0.05) is 6.54 Å². The molecule has 0 radical (unpaired) electrons. The highest BCUT2D eigenvalue weighted by molar-refractivity contribution is 7.98. The Hall–Kier alpha value is -1.53. The van der Waals surface area contributed by atoms with Gasteiger partial charge in [0.05, 0.1) is 6.04 Å². The van der Waals surface area contributed by atoms with Gasteiger partial charge in [-0.05, 0) is 51.8 Å². The first-order chi connectivity index (χ1) is 11.2. The molecule has 0 bridgehead atoms. The summed E-state index contributed by atoms with van der Waals surface area (Å²) in [7, 11) is 1.90. The molecule has 0 aliphatic carbocycles. The van der Waals surface area contributed by atoms with E-state index in [9.17, 15) is 9.59 Å². The van der Waals surface area contributed by atoms with Crippen LogP contribution in [0.25, 0.3) is 0 Å². The molecule has 0 saturated carbocycles. The summed E-state index contributed by atoms with van der Waals surface area (Å²) in [4.78, 5) is 26.3. The molecule has 24 heavy (non-hydrogen) atoms. The summed E-state index contributed by atoms with van der Waals surface area (Å²) in [5, 5.41) is 2.36. The number of nitrogens with zero attached hydrogens (tertiary/aromatic N) is 1. The molecule has 0 saturated heterocycles. The molecule has 5 nitrogen and oxygen atoms in total. The fraction of sp³-hybridized carbons (Fsp3) is 0.556. The van der Waals surface area contributed by atoms with E-state index in [0.717, 1.165) is 11.3 Å². The van der Waals surface area contributed by atoms with Gasteiger partial charge in [0.2, 0.25) is 5.91 Å². The SMILES string of the molecule is CSCC[C@@H](C(=O)NC(=O)OC(C)(C)C)N(C)Cc1ccccc1. The number of carbonyl (C=O) groups excluding carboxylic acids is 2. The van der Waals surface area contributed by atoms with Crippen LogP contribution >= 0.6 is 11.8 Å². The van der Waals surface area contributed by atoms with Crippen LogP contribution in [0.15, 0.2) is 30.3 Å². The lowest BCUT2D eigenvalue weighted by molar-refractivity contribution is -0.125. The zero-order chi connectivity index (χ0) is 18.2. The highest BCUT2D eigenvalue weighted by Crippen LogP contribution is 2.12. The highest BCUT2D eigenvalue weighted by Gasteiger charge is 2.26. The number of amides is 2. The van der Waals surface area contributed by atoms with E-state index < -0.39 is 11.7 Å². The Morgan fingerprint density at radius 3 is 2.42 bits per heavy atom. The first-order valence-electron chi connectivity index (χ1n) is 8.00. The molecular formula is C18H28N2O3S. The van der Waals surface area contributed by atoms with Crippen molar-refractivity contribution in [3.05, 3.63) is 35.9 Å². The third-order valence-corrected chi connectivity index (χ3v) is 3.97. The standard InChI is InChI=1S/C18H28N2O3S/c1-18(2,3)23-17(22)19-16(21)15(11-12-24-5)20(4)13-14-9-7-6-8-10-14/h6-10,15H,11-13H2,1-5H3,(H,19,21,22)/t15-/m0/s1. The van der Waals surface area contributed by atoms with E-state index in [1.54, 1.807) is 32.5 Å². The summed E-state index contributed by atoms with van der Waals surface area (Å²) in [6, 6.07) is 9.57. The second-order valence-corrected chi connectivity index (χ2v) is 7.67. The summed E-state index contributed by atoms with van der Waals surface area (Å²) in [5.41, 5.74) is 0.494. The number of likely N-dealkylation sites (N-methyl/N-ethyl adjacent to an activating group) is 1. The highest BCUT2D eigenvalue weighted by atomic mass is 32.2. The molecule has 0 aliphatic heterocycles. The first kappa shape index (κ1) is 20.5. The lowest BCUT2D eigenvalue weighted by Gasteiger charge is -2.27. The second-order valence-electron chi connectivity index (χ2n) is 6.69. The van der Waals surface area contributed by atoms with Crippen molar-refractivity contribution >= 4 is 23.8 Å². The average Bonchev–Trinajstić information content (AvgIpc) is 2.46. The van der Waals surface area contributed by atoms with E-state index in [0.29, 0.717) is 13.0 Å². The predicted octanol–water partition coefficient (Wildman–Crippen LogP) is 3.29. The molecule has 1 aromatic carbocycles. The van der Waals surface area contributed by atoms with Crippen LogP contribution in [0, 0.1) is 0 Å². The summed E-state index contributed by atoms with van der Waals surface area (Å²) < 4.78 is 5.17. The lowest BCUT2D eigenvalue weighted by Crippen LogP contribution is -2.48. The van der Waals surface area contributed by atoms with Gasteiger partial charge >= 0.3 is 6.09 Å². The number of thioether (sulfide) groups is 1. The first-order valence-corrected chi connectivity index (χ1v) is 9.39. The fourth-order valence-electron chi connectivity index (χ4n) is 2.25. The Balaban J connectivity index is 2.72. The number of hydrogen-bond donors (Lipinski definition) is 1. The topological polar surface area (TPSA) is 58.6 Å². The molecule has 1 atom stereocenters. The van der Waals surface area contributed by atoms with Crippen LogP contribution in [-0.2, 0) is 16.1 Å². The number of alkyl carbamates (subject to hydrolysis) is 1. The van der Waals surface area contributed by atoms with Gasteiger partial charge in [0.1, 0.15) is 5.60 Å². The Bertz CT molecular complexity index is 529. The van der Waals surface area contributed by atoms with Crippen molar-refractivity contribution in [2.75, 3.05) is 19.1 Å². The van der Waals surface area contributed by atoms with Crippen molar-refractivity contribution in [2.45, 2.75) is 45.4 Å². The van der Waals surface area contributed by atoms with E-state index in [1.165, 1.54) is 0 Å². The van der Waals surface area contributed by atoms with Gasteiger partial charge in [-0.3, -0.25) is 15.0 Å². The molecule has 0 spiro atoms. The maximum atomic E-state index is 12.5. The third-order valence-electron chi connectivity index (χ3n) is 3.33. The van der Waals surface area contributed by atoms with Crippen LogP contribution in [0.3, 0.4) is 0 Å².